The standard InChI is InChI=1S/C21H22N2O3S/c1-3-23-14(2)22-21-19(23)11-10-18-17-9-5-4-7-15(17)13-16(20(18)21)8-6-12-27(24,25)26/h4-5,7,9-11,13H,3,6,8,12H2,1-2H3,(H,24,25,26). The van der Waals surface area contributed by atoms with Gasteiger partial charge < -0.3 is 4.55 Å². The minimum Gasteiger partial charge on any atom is -0.748 e. The van der Waals surface area contributed by atoms with Gasteiger partial charge in [-0.2, -0.15) is 0 Å². The summed E-state index contributed by atoms with van der Waals surface area (Å²) < 4.78 is 35.3. The van der Waals surface area contributed by atoms with Crippen LogP contribution < -0.4 is 4.57 Å². The molecule has 4 aromatic rings. The third kappa shape index (κ3) is 3.19. The molecule has 5 nitrogen and oxygen atoms in total. The number of aryl methyl sites for hydroxylation is 3. The first-order valence-corrected chi connectivity index (χ1v) is 10.8. The Morgan fingerprint density at radius 1 is 1.11 bits per heavy atom. The number of imidazole rings is 1. The molecule has 3 aromatic carbocycles. The monoisotopic (exact) mass is 382 g/mol. The molecule has 4 rings (SSSR count). The molecule has 0 aliphatic rings. The highest BCUT2D eigenvalue weighted by atomic mass is 32.2. The molecule has 0 aliphatic carbocycles. The van der Waals surface area contributed by atoms with Gasteiger partial charge in [-0.05, 0) is 53.6 Å². The summed E-state index contributed by atoms with van der Waals surface area (Å²) in [5.41, 5.74) is 3.27. The van der Waals surface area contributed by atoms with Crippen molar-refractivity contribution in [2.45, 2.75) is 33.2 Å². The molecular formula is C21H22N2O3S. The van der Waals surface area contributed by atoms with Crippen LogP contribution in [0, 0.1) is 6.92 Å². The summed E-state index contributed by atoms with van der Waals surface area (Å²) in [6, 6.07) is 14.6. The topological polar surface area (TPSA) is 76.9 Å². The second-order valence-corrected chi connectivity index (χ2v) is 8.48. The number of rotatable bonds is 5. The Morgan fingerprint density at radius 3 is 2.63 bits per heavy atom. The normalized spacial score (nSPS) is 12.4. The first-order valence-electron chi connectivity index (χ1n) is 9.18. The van der Waals surface area contributed by atoms with E-state index in [9.17, 15) is 13.0 Å². The van der Waals surface area contributed by atoms with E-state index in [1.807, 2.05) is 12.1 Å². The van der Waals surface area contributed by atoms with Crippen LogP contribution in [-0.2, 0) is 23.1 Å². The zero-order valence-electron chi connectivity index (χ0n) is 15.5. The van der Waals surface area contributed by atoms with Gasteiger partial charge in [-0.25, -0.2) is 18.0 Å². The van der Waals surface area contributed by atoms with Crippen molar-refractivity contribution in [2.24, 2.45) is 0 Å². The van der Waals surface area contributed by atoms with Crippen LogP contribution in [0.3, 0.4) is 0 Å². The molecule has 1 aromatic heterocycles. The summed E-state index contributed by atoms with van der Waals surface area (Å²) in [6.07, 6.45) is 0.870. The molecule has 0 atom stereocenters. The number of aromatic nitrogens is 2. The average molecular weight is 382 g/mol. The summed E-state index contributed by atoms with van der Waals surface area (Å²) in [6.45, 7) is 5.04. The molecule has 6 heteroatoms. The Labute approximate surface area is 158 Å². The maximum absolute atomic E-state index is 11.0. The van der Waals surface area contributed by atoms with E-state index in [2.05, 4.69) is 53.7 Å². The van der Waals surface area contributed by atoms with Gasteiger partial charge in [0.05, 0.1) is 16.7 Å². The van der Waals surface area contributed by atoms with Gasteiger partial charge in [0.15, 0.2) is 11.0 Å². The predicted octanol–water partition coefficient (Wildman–Crippen LogP) is 3.57. The maximum Gasteiger partial charge on any atom is 0.251 e. The van der Waals surface area contributed by atoms with E-state index in [4.69, 9.17) is 0 Å². The molecule has 0 unspecified atom stereocenters. The lowest BCUT2D eigenvalue weighted by atomic mass is 9.94. The van der Waals surface area contributed by atoms with Gasteiger partial charge in [-0.1, -0.05) is 30.3 Å². The van der Waals surface area contributed by atoms with Crippen LogP contribution >= 0.6 is 0 Å². The minimum atomic E-state index is -4.20. The van der Waals surface area contributed by atoms with Crippen LogP contribution in [0.15, 0.2) is 42.5 Å². The van der Waals surface area contributed by atoms with Crippen molar-refractivity contribution in [1.82, 2.24) is 4.98 Å². The molecule has 0 aliphatic heterocycles. The lowest BCUT2D eigenvalue weighted by Gasteiger charge is -2.11. The summed E-state index contributed by atoms with van der Waals surface area (Å²) in [5.74, 6) is 0.747. The number of fused-ring (bicyclic) bond motifs is 5. The molecule has 0 amide bonds. The highest BCUT2D eigenvalue weighted by molar-refractivity contribution is 7.85. The average Bonchev–Trinajstić information content (AvgIpc) is 2.95. The highest BCUT2D eigenvalue weighted by Gasteiger charge is 2.19. The lowest BCUT2D eigenvalue weighted by molar-refractivity contribution is -0.673. The summed E-state index contributed by atoms with van der Waals surface area (Å²) >= 11 is 0. The van der Waals surface area contributed by atoms with Crippen molar-refractivity contribution in [2.75, 3.05) is 5.75 Å². The summed E-state index contributed by atoms with van der Waals surface area (Å²) in [7, 11) is -4.20. The molecule has 0 saturated carbocycles. The zero-order chi connectivity index (χ0) is 19.2. The van der Waals surface area contributed by atoms with Crippen LogP contribution in [-0.4, -0.2) is 23.7 Å². The van der Waals surface area contributed by atoms with Crippen LogP contribution in [0.5, 0.6) is 0 Å². The van der Waals surface area contributed by atoms with E-state index in [1.165, 1.54) is 5.39 Å². The Morgan fingerprint density at radius 2 is 1.89 bits per heavy atom. The molecule has 1 N–H and O–H groups in total. The zero-order valence-corrected chi connectivity index (χ0v) is 16.3. The Bertz CT molecular complexity index is 1270. The van der Waals surface area contributed by atoms with E-state index in [0.29, 0.717) is 12.8 Å². The van der Waals surface area contributed by atoms with Crippen LogP contribution in [0.2, 0.25) is 0 Å². The van der Waals surface area contributed by atoms with E-state index in [1.54, 1.807) is 0 Å². The molecule has 0 fully saturated rings. The van der Waals surface area contributed by atoms with Gasteiger partial charge in [0, 0.05) is 18.1 Å². The first kappa shape index (κ1) is 17.9. The van der Waals surface area contributed by atoms with Crippen molar-refractivity contribution in [3.63, 3.8) is 0 Å². The van der Waals surface area contributed by atoms with Gasteiger partial charge in [-0.3, -0.25) is 0 Å². The third-order valence-electron chi connectivity index (χ3n) is 5.24. The van der Waals surface area contributed by atoms with Crippen molar-refractivity contribution < 1.29 is 17.5 Å². The van der Waals surface area contributed by atoms with Gasteiger partial charge >= 0.3 is 0 Å². The molecule has 0 spiro atoms. The second-order valence-electron chi connectivity index (χ2n) is 6.96. The Balaban J connectivity index is 2.01. The number of hydrogen-bond donors (Lipinski definition) is 1. The fourth-order valence-corrected chi connectivity index (χ4v) is 4.60. The molecular weight excluding hydrogens is 360 g/mol. The summed E-state index contributed by atoms with van der Waals surface area (Å²) in [4.78, 5) is 3.52. The molecule has 0 bridgehead atoms. The number of aromatic amines is 1. The molecule has 27 heavy (non-hydrogen) atoms. The predicted molar refractivity (Wildman–Crippen MR) is 107 cm³/mol. The van der Waals surface area contributed by atoms with Gasteiger partial charge in [0.2, 0.25) is 0 Å². The van der Waals surface area contributed by atoms with Crippen LogP contribution in [0.25, 0.3) is 32.6 Å². The smallest absolute Gasteiger partial charge is 0.251 e. The van der Waals surface area contributed by atoms with Crippen molar-refractivity contribution in [3.05, 3.63) is 53.9 Å². The maximum atomic E-state index is 11.0. The number of benzene rings is 3. The fraction of sp³-hybridized carbons (Fsp3) is 0.286. The SMILES string of the molecule is CC[n+]1c(C)[nH]c2c3c(CCCS(=O)(=O)[O-])cc4ccccc4c3ccc21. The fourth-order valence-electron chi connectivity index (χ4n) is 4.10. The first-order chi connectivity index (χ1) is 12.9. The van der Waals surface area contributed by atoms with Gasteiger partial charge in [-0.15, -0.1) is 0 Å². The van der Waals surface area contributed by atoms with Crippen molar-refractivity contribution in [3.8, 4) is 0 Å². The summed E-state index contributed by atoms with van der Waals surface area (Å²) in [5, 5.41) is 4.55. The third-order valence-corrected chi connectivity index (χ3v) is 6.03. The quantitative estimate of drug-likeness (QED) is 0.326. The molecule has 0 saturated heterocycles. The molecule has 1 heterocycles. The van der Waals surface area contributed by atoms with Crippen molar-refractivity contribution >= 4 is 42.7 Å². The molecule has 0 radical (unpaired) electrons. The van der Waals surface area contributed by atoms with E-state index < -0.39 is 10.1 Å². The highest BCUT2D eigenvalue weighted by Crippen LogP contribution is 2.33. The number of H-pyrrole nitrogens is 1. The number of nitrogens with zero attached hydrogens (tertiary/aromatic N) is 1. The van der Waals surface area contributed by atoms with Gasteiger partial charge in [0.1, 0.15) is 0 Å². The number of hydrogen-bond acceptors (Lipinski definition) is 3. The largest absolute Gasteiger partial charge is 0.748 e. The molecule has 140 valence electrons. The number of nitrogens with one attached hydrogen (secondary N) is 1. The minimum absolute atomic E-state index is 0.323. The van der Waals surface area contributed by atoms with Crippen LogP contribution in [0.1, 0.15) is 24.7 Å². The van der Waals surface area contributed by atoms with Gasteiger partial charge in [0.25, 0.3) is 5.82 Å². The van der Waals surface area contributed by atoms with E-state index in [0.717, 1.165) is 45.1 Å². The van der Waals surface area contributed by atoms with E-state index in [-0.39, 0.29) is 5.75 Å². The van der Waals surface area contributed by atoms with E-state index >= 15 is 0 Å². The van der Waals surface area contributed by atoms with Crippen molar-refractivity contribution in [1.29, 1.82) is 0 Å². The Kier molecular flexibility index (Phi) is 4.40. The van der Waals surface area contributed by atoms with Crippen LogP contribution in [0.4, 0.5) is 0 Å². The Hall–Kier alpha value is -2.44. The second kappa shape index (κ2) is 6.62. The lowest BCUT2D eigenvalue weighted by Crippen LogP contribution is -2.33.